The molecule has 0 spiro atoms. The zero-order valence-electron chi connectivity index (χ0n) is 22.6. The Bertz CT molecular complexity index is 1370. The summed E-state index contributed by atoms with van der Waals surface area (Å²) in [6.45, 7) is 8.13. The third kappa shape index (κ3) is 6.30. The van der Waals surface area contributed by atoms with Gasteiger partial charge in [-0.15, -0.1) is 0 Å². The van der Waals surface area contributed by atoms with E-state index in [9.17, 15) is 14.4 Å². The number of likely N-dealkylation sites (N-methyl/N-ethyl adjacent to an activating group) is 1. The van der Waals surface area contributed by atoms with E-state index in [0.717, 1.165) is 18.5 Å². The maximum atomic E-state index is 13.4. The topological polar surface area (TPSA) is 118 Å². The first-order chi connectivity index (χ1) is 18.0. The second kappa shape index (κ2) is 11.2. The minimum atomic E-state index is -0.654. The zero-order chi connectivity index (χ0) is 27.4. The molecule has 1 aliphatic rings. The molecule has 202 valence electrons. The molecule has 1 aliphatic heterocycles. The Balaban J connectivity index is 1.55. The number of pyridine rings is 1. The van der Waals surface area contributed by atoms with Gasteiger partial charge in [-0.25, -0.2) is 9.59 Å². The molecule has 10 nitrogen and oxygen atoms in total. The quantitative estimate of drug-likeness (QED) is 0.510. The first kappa shape index (κ1) is 27.1. The van der Waals surface area contributed by atoms with Crippen LogP contribution in [0.3, 0.4) is 0 Å². The lowest BCUT2D eigenvalue weighted by atomic mass is 10.0. The van der Waals surface area contributed by atoms with Crippen LogP contribution in [0.1, 0.15) is 51.3 Å². The predicted octanol–water partition coefficient (Wildman–Crippen LogP) is 4.30. The lowest BCUT2D eigenvalue weighted by molar-refractivity contribution is -0.131. The molecule has 1 saturated heterocycles. The largest absolute Gasteiger partial charge is 0.444 e. The number of fused-ring (bicyclic) bond motifs is 1. The van der Waals surface area contributed by atoms with Gasteiger partial charge < -0.3 is 19.0 Å². The Morgan fingerprint density at radius 1 is 1.21 bits per heavy atom. The smallest absolute Gasteiger partial charge is 0.412 e. The van der Waals surface area contributed by atoms with E-state index in [2.05, 4.69) is 15.3 Å². The third-order valence-electron chi connectivity index (χ3n) is 6.52. The van der Waals surface area contributed by atoms with Gasteiger partial charge in [0.2, 0.25) is 5.91 Å². The van der Waals surface area contributed by atoms with Gasteiger partial charge in [-0.1, -0.05) is 6.07 Å². The number of benzene rings is 1. The fraction of sp³-hybridized carbons (Fsp3) is 0.464. The van der Waals surface area contributed by atoms with Crippen LogP contribution in [0.25, 0.3) is 10.9 Å². The number of piperidine rings is 1. The summed E-state index contributed by atoms with van der Waals surface area (Å²) in [5.41, 5.74) is 1.10. The minimum Gasteiger partial charge on any atom is -0.444 e. The van der Waals surface area contributed by atoms with Crippen LogP contribution in [0.4, 0.5) is 16.5 Å². The molecule has 1 aromatic carbocycles. The Morgan fingerprint density at radius 2 is 2.00 bits per heavy atom. The first-order valence-electron chi connectivity index (χ1n) is 12.9. The lowest BCUT2D eigenvalue weighted by Crippen LogP contribution is -2.51. The highest BCUT2D eigenvalue weighted by Gasteiger charge is 2.33. The summed E-state index contributed by atoms with van der Waals surface area (Å²) in [6.07, 6.45) is 4.19. The number of carbonyl (C=O) groups excluding carboxylic acids is 2. The fourth-order valence-electron chi connectivity index (χ4n) is 4.59. The van der Waals surface area contributed by atoms with Gasteiger partial charge in [0.15, 0.2) is 0 Å². The fourth-order valence-corrected chi connectivity index (χ4v) is 4.59. The van der Waals surface area contributed by atoms with Crippen molar-refractivity contribution in [3.05, 3.63) is 58.2 Å². The van der Waals surface area contributed by atoms with Crippen molar-refractivity contribution in [3.8, 4) is 0 Å². The van der Waals surface area contributed by atoms with Crippen LogP contribution in [-0.4, -0.2) is 58.6 Å². The van der Waals surface area contributed by atoms with E-state index in [-0.39, 0.29) is 17.3 Å². The monoisotopic (exact) mass is 521 g/mol. The molecular weight excluding hydrogens is 486 g/mol. The van der Waals surface area contributed by atoms with Crippen LogP contribution in [0.2, 0.25) is 0 Å². The van der Waals surface area contributed by atoms with Crippen molar-refractivity contribution in [2.75, 3.05) is 30.4 Å². The molecule has 0 aliphatic carbocycles. The standard InChI is InChI=1S/C28H35N5O5/c1-18-20(31-27(36)38-28(2,3)4)12-13-21-23(18)25(35)37-26(30-21)33-16-9-7-11-22(33)24(34)32(5)17-14-19-10-6-8-15-29-19/h6,8,10,12-13,15,22H,7,9,11,14,16-17H2,1-5H3,(H,31,36)/t22-/m0/s1. The van der Waals surface area contributed by atoms with Crippen molar-refractivity contribution in [3.63, 3.8) is 0 Å². The van der Waals surface area contributed by atoms with Crippen LogP contribution in [0.5, 0.6) is 0 Å². The van der Waals surface area contributed by atoms with E-state index in [1.54, 1.807) is 62.9 Å². The van der Waals surface area contributed by atoms with Gasteiger partial charge in [-0.2, -0.15) is 4.98 Å². The molecule has 38 heavy (non-hydrogen) atoms. The molecule has 3 aromatic rings. The van der Waals surface area contributed by atoms with Crippen molar-refractivity contribution in [1.82, 2.24) is 14.9 Å². The predicted molar refractivity (Wildman–Crippen MR) is 145 cm³/mol. The SMILES string of the molecule is Cc1c(NC(=O)OC(C)(C)C)ccc2nc(N3CCCC[C@H]3C(=O)N(C)CCc3ccccn3)oc(=O)c12. The Kier molecular flexibility index (Phi) is 7.99. The van der Waals surface area contributed by atoms with E-state index in [1.807, 2.05) is 18.2 Å². The van der Waals surface area contributed by atoms with Crippen LogP contribution in [-0.2, 0) is 16.0 Å². The minimum absolute atomic E-state index is 0.0433. The summed E-state index contributed by atoms with van der Waals surface area (Å²) < 4.78 is 11.0. The molecular formula is C28H35N5O5. The summed E-state index contributed by atoms with van der Waals surface area (Å²) in [6, 6.07) is 8.74. The number of nitrogens with zero attached hydrogens (tertiary/aromatic N) is 4. The molecule has 1 fully saturated rings. The summed E-state index contributed by atoms with van der Waals surface area (Å²) in [5.74, 6) is -0.0433. The molecule has 1 atom stereocenters. The maximum absolute atomic E-state index is 13.4. The van der Waals surface area contributed by atoms with Gasteiger partial charge in [0.05, 0.1) is 10.9 Å². The second-order valence-corrected chi connectivity index (χ2v) is 10.6. The van der Waals surface area contributed by atoms with Gasteiger partial charge in [0.25, 0.3) is 0 Å². The van der Waals surface area contributed by atoms with Gasteiger partial charge in [-0.3, -0.25) is 15.1 Å². The van der Waals surface area contributed by atoms with Crippen LogP contribution in [0.15, 0.2) is 45.7 Å². The molecule has 4 rings (SSSR count). The Morgan fingerprint density at radius 3 is 2.71 bits per heavy atom. The number of aromatic nitrogens is 2. The van der Waals surface area contributed by atoms with E-state index in [1.165, 1.54) is 0 Å². The van der Waals surface area contributed by atoms with E-state index in [0.29, 0.717) is 42.7 Å². The number of hydrogen-bond acceptors (Lipinski definition) is 8. The highest BCUT2D eigenvalue weighted by Crippen LogP contribution is 2.28. The number of ether oxygens (including phenoxy) is 1. The molecule has 0 saturated carbocycles. The number of rotatable bonds is 6. The number of aryl methyl sites for hydroxylation is 1. The molecule has 10 heteroatoms. The van der Waals surface area contributed by atoms with E-state index >= 15 is 0 Å². The first-order valence-corrected chi connectivity index (χ1v) is 12.9. The number of nitrogens with one attached hydrogen (secondary N) is 1. The second-order valence-electron chi connectivity index (χ2n) is 10.6. The van der Waals surface area contributed by atoms with E-state index in [4.69, 9.17) is 9.15 Å². The van der Waals surface area contributed by atoms with Crippen molar-refractivity contribution in [1.29, 1.82) is 0 Å². The summed E-state index contributed by atoms with van der Waals surface area (Å²) >= 11 is 0. The highest BCUT2D eigenvalue weighted by atomic mass is 16.6. The van der Waals surface area contributed by atoms with Crippen LogP contribution in [0, 0.1) is 6.92 Å². The third-order valence-corrected chi connectivity index (χ3v) is 6.52. The molecule has 0 unspecified atom stereocenters. The maximum Gasteiger partial charge on any atom is 0.412 e. The normalized spacial score (nSPS) is 15.8. The number of amides is 2. The molecule has 0 bridgehead atoms. The number of carbonyl (C=O) groups is 2. The lowest BCUT2D eigenvalue weighted by Gasteiger charge is -2.36. The number of hydrogen-bond donors (Lipinski definition) is 1. The van der Waals surface area contributed by atoms with Crippen molar-refractivity contribution in [2.45, 2.75) is 65.0 Å². The highest BCUT2D eigenvalue weighted by molar-refractivity contribution is 5.93. The number of anilines is 2. The Hall–Kier alpha value is -3.95. The molecule has 2 aromatic heterocycles. The van der Waals surface area contributed by atoms with Gasteiger partial charge in [0.1, 0.15) is 11.6 Å². The van der Waals surface area contributed by atoms with Crippen molar-refractivity contribution in [2.24, 2.45) is 0 Å². The average Bonchev–Trinajstić information content (AvgIpc) is 2.87. The molecule has 0 radical (unpaired) electrons. The zero-order valence-corrected chi connectivity index (χ0v) is 22.6. The average molecular weight is 522 g/mol. The van der Waals surface area contributed by atoms with Crippen LogP contribution < -0.4 is 15.8 Å². The van der Waals surface area contributed by atoms with Gasteiger partial charge in [0, 0.05) is 44.1 Å². The summed E-state index contributed by atoms with van der Waals surface area (Å²) in [5, 5.41) is 2.96. The van der Waals surface area contributed by atoms with Gasteiger partial charge >= 0.3 is 17.7 Å². The van der Waals surface area contributed by atoms with Crippen molar-refractivity contribution >= 4 is 34.6 Å². The van der Waals surface area contributed by atoms with Crippen LogP contribution >= 0.6 is 0 Å². The van der Waals surface area contributed by atoms with E-state index < -0.39 is 23.4 Å². The summed E-state index contributed by atoms with van der Waals surface area (Å²) in [4.78, 5) is 51.2. The molecule has 3 heterocycles. The van der Waals surface area contributed by atoms with Gasteiger partial charge in [-0.05, 0) is 76.8 Å². The molecule has 2 amide bonds. The summed E-state index contributed by atoms with van der Waals surface area (Å²) in [7, 11) is 1.78. The molecule has 1 N–H and O–H groups in total. The Labute approximate surface area is 222 Å². The van der Waals surface area contributed by atoms with Crippen molar-refractivity contribution < 1.29 is 18.7 Å².